The highest BCUT2D eigenvalue weighted by Gasteiger charge is 2.30. The van der Waals surface area contributed by atoms with E-state index < -0.39 is 5.97 Å². The molecule has 0 saturated heterocycles. The van der Waals surface area contributed by atoms with Crippen LogP contribution in [0, 0.1) is 0 Å². The summed E-state index contributed by atoms with van der Waals surface area (Å²) >= 11 is 0. The Morgan fingerprint density at radius 1 is 0.794 bits per heavy atom. The summed E-state index contributed by atoms with van der Waals surface area (Å²) in [5, 5.41) is 9.23. The molecular formula is C29H34N2O3. The number of carboxylic acid groups (broad SMARTS) is 1. The van der Waals surface area contributed by atoms with Crippen LogP contribution in [0.1, 0.15) is 59.8 Å². The lowest BCUT2D eigenvalue weighted by Gasteiger charge is -2.35. The van der Waals surface area contributed by atoms with Gasteiger partial charge in [-0.1, -0.05) is 93.1 Å². The van der Waals surface area contributed by atoms with Gasteiger partial charge in [-0.15, -0.1) is 0 Å². The first-order valence-corrected chi connectivity index (χ1v) is 12.0. The molecule has 3 aromatic rings. The first kappa shape index (κ1) is 25.2. The SMILES string of the molecule is CCCCN(CC)C(C(=O)N(Cc1ccccc1)Cc1ccc(C(=O)O)cc1)c1ccccc1. The van der Waals surface area contributed by atoms with Crippen LogP contribution >= 0.6 is 0 Å². The van der Waals surface area contributed by atoms with Crippen LogP contribution in [-0.2, 0) is 17.9 Å². The van der Waals surface area contributed by atoms with Crippen molar-refractivity contribution < 1.29 is 14.7 Å². The lowest BCUT2D eigenvalue weighted by molar-refractivity contribution is -0.138. The van der Waals surface area contributed by atoms with Crippen LogP contribution in [0.4, 0.5) is 0 Å². The highest BCUT2D eigenvalue weighted by atomic mass is 16.4. The third-order valence-electron chi connectivity index (χ3n) is 6.02. The maximum atomic E-state index is 14.2. The number of nitrogens with zero attached hydrogens (tertiary/aromatic N) is 2. The van der Waals surface area contributed by atoms with Crippen LogP contribution in [0.25, 0.3) is 0 Å². The first-order valence-electron chi connectivity index (χ1n) is 12.0. The Labute approximate surface area is 202 Å². The molecule has 3 aromatic carbocycles. The Morgan fingerprint density at radius 3 is 1.88 bits per heavy atom. The van der Waals surface area contributed by atoms with Crippen LogP contribution in [0.15, 0.2) is 84.9 Å². The maximum Gasteiger partial charge on any atom is 0.335 e. The molecule has 1 N–H and O–H groups in total. The number of amides is 1. The molecule has 1 atom stereocenters. The van der Waals surface area contributed by atoms with E-state index in [2.05, 4.69) is 18.7 Å². The van der Waals surface area contributed by atoms with Gasteiger partial charge >= 0.3 is 5.97 Å². The molecule has 0 heterocycles. The third kappa shape index (κ3) is 6.78. The number of likely N-dealkylation sites (N-methyl/N-ethyl adjacent to an activating group) is 1. The van der Waals surface area contributed by atoms with Gasteiger partial charge in [0, 0.05) is 13.1 Å². The molecule has 0 aliphatic carbocycles. The second kappa shape index (κ2) is 12.7. The van der Waals surface area contributed by atoms with Gasteiger partial charge in [-0.25, -0.2) is 4.79 Å². The van der Waals surface area contributed by atoms with Crippen molar-refractivity contribution in [1.29, 1.82) is 0 Å². The highest BCUT2D eigenvalue weighted by molar-refractivity contribution is 5.87. The van der Waals surface area contributed by atoms with E-state index in [1.165, 1.54) is 0 Å². The molecule has 3 rings (SSSR count). The summed E-state index contributed by atoms with van der Waals surface area (Å²) in [5.74, 6) is -0.905. The molecule has 5 heteroatoms. The monoisotopic (exact) mass is 458 g/mol. The standard InChI is InChI=1S/C29H34N2O3/c1-3-5-20-30(4-2)27(25-14-10-7-11-15-25)28(32)31(21-23-12-8-6-9-13-23)22-24-16-18-26(19-17-24)29(33)34/h6-19,27H,3-5,20-22H2,1-2H3,(H,33,34). The number of benzene rings is 3. The predicted octanol–water partition coefficient (Wildman–Crippen LogP) is 5.78. The van der Waals surface area contributed by atoms with Crippen LogP contribution in [0.2, 0.25) is 0 Å². The molecule has 1 unspecified atom stereocenters. The molecule has 0 bridgehead atoms. The van der Waals surface area contributed by atoms with Gasteiger partial charge in [-0.2, -0.15) is 0 Å². The third-order valence-corrected chi connectivity index (χ3v) is 6.02. The molecule has 1 amide bonds. The normalized spacial score (nSPS) is 11.9. The first-order chi connectivity index (χ1) is 16.5. The lowest BCUT2D eigenvalue weighted by Crippen LogP contribution is -2.43. The second-order valence-corrected chi connectivity index (χ2v) is 8.48. The number of rotatable bonds is 12. The van der Waals surface area contributed by atoms with E-state index in [1.54, 1.807) is 24.3 Å². The van der Waals surface area contributed by atoms with Crippen molar-refractivity contribution >= 4 is 11.9 Å². The van der Waals surface area contributed by atoms with E-state index >= 15 is 0 Å². The van der Waals surface area contributed by atoms with Crippen LogP contribution < -0.4 is 0 Å². The molecule has 0 aliphatic rings. The van der Waals surface area contributed by atoms with Gasteiger partial charge in [0.05, 0.1) is 5.56 Å². The van der Waals surface area contributed by atoms with Crippen LogP contribution in [0.5, 0.6) is 0 Å². The minimum Gasteiger partial charge on any atom is -0.478 e. The fourth-order valence-corrected chi connectivity index (χ4v) is 4.14. The Kier molecular flexibility index (Phi) is 9.41. The minimum atomic E-state index is -0.956. The van der Waals surface area contributed by atoms with Gasteiger partial charge in [0.15, 0.2) is 0 Å². The average molecular weight is 459 g/mol. The number of aromatic carboxylic acids is 1. The van der Waals surface area contributed by atoms with Gasteiger partial charge in [0.1, 0.15) is 6.04 Å². The Morgan fingerprint density at radius 2 is 1.35 bits per heavy atom. The Hall–Kier alpha value is -3.44. The van der Waals surface area contributed by atoms with Gasteiger partial charge in [-0.05, 0) is 48.3 Å². The fourth-order valence-electron chi connectivity index (χ4n) is 4.14. The van der Waals surface area contributed by atoms with E-state index in [-0.39, 0.29) is 17.5 Å². The molecule has 178 valence electrons. The van der Waals surface area contributed by atoms with Gasteiger partial charge < -0.3 is 10.0 Å². The summed E-state index contributed by atoms with van der Waals surface area (Å²) in [4.78, 5) is 29.6. The number of unbranched alkanes of at least 4 members (excludes halogenated alkanes) is 1. The van der Waals surface area contributed by atoms with Crippen molar-refractivity contribution in [3.05, 3.63) is 107 Å². The van der Waals surface area contributed by atoms with Crippen molar-refractivity contribution in [3.63, 3.8) is 0 Å². The molecule has 5 nitrogen and oxygen atoms in total. The molecular weight excluding hydrogens is 424 g/mol. The fraction of sp³-hybridized carbons (Fsp3) is 0.310. The van der Waals surface area contributed by atoms with Gasteiger partial charge in [0.25, 0.3) is 0 Å². The zero-order valence-corrected chi connectivity index (χ0v) is 20.1. The van der Waals surface area contributed by atoms with E-state index in [1.807, 2.05) is 65.6 Å². The quantitative estimate of drug-likeness (QED) is 0.374. The lowest BCUT2D eigenvalue weighted by atomic mass is 10.0. The summed E-state index contributed by atoms with van der Waals surface area (Å²) in [5.41, 5.74) is 3.19. The Balaban J connectivity index is 1.96. The van der Waals surface area contributed by atoms with E-state index in [4.69, 9.17) is 0 Å². The summed E-state index contributed by atoms with van der Waals surface area (Å²) < 4.78 is 0. The van der Waals surface area contributed by atoms with E-state index in [9.17, 15) is 14.7 Å². The van der Waals surface area contributed by atoms with Crippen molar-refractivity contribution in [1.82, 2.24) is 9.80 Å². The molecule has 0 aromatic heterocycles. The smallest absolute Gasteiger partial charge is 0.335 e. The number of carboxylic acids is 1. The van der Waals surface area contributed by atoms with Crippen molar-refractivity contribution in [2.45, 2.75) is 45.8 Å². The molecule has 0 aliphatic heterocycles. The Bertz CT molecular complexity index is 1040. The molecule has 0 saturated carbocycles. The van der Waals surface area contributed by atoms with Crippen LogP contribution in [0.3, 0.4) is 0 Å². The molecule has 0 spiro atoms. The zero-order valence-electron chi connectivity index (χ0n) is 20.1. The van der Waals surface area contributed by atoms with Crippen molar-refractivity contribution in [2.75, 3.05) is 13.1 Å². The number of hydrogen-bond acceptors (Lipinski definition) is 3. The van der Waals surface area contributed by atoms with E-state index in [0.717, 1.165) is 42.6 Å². The number of carbonyl (C=O) groups excluding carboxylic acids is 1. The van der Waals surface area contributed by atoms with Gasteiger partial charge in [-0.3, -0.25) is 9.69 Å². The largest absolute Gasteiger partial charge is 0.478 e. The zero-order chi connectivity index (χ0) is 24.3. The molecule has 34 heavy (non-hydrogen) atoms. The van der Waals surface area contributed by atoms with E-state index in [0.29, 0.717) is 13.1 Å². The highest BCUT2D eigenvalue weighted by Crippen LogP contribution is 2.26. The van der Waals surface area contributed by atoms with Gasteiger partial charge in [0.2, 0.25) is 5.91 Å². The van der Waals surface area contributed by atoms with Crippen molar-refractivity contribution in [2.24, 2.45) is 0 Å². The molecule has 0 radical (unpaired) electrons. The second-order valence-electron chi connectivity index (χ2n) is 8.48. The topological polar surface area (TPSA) is 60.9 Å². The summed E-state index contributed by atoms with van der Waals surface area (Å²) in [6.45, 7) is 6.78. The number of carbonyl (C=O) groups is 2. The van der Waals surface area contributed by atoms with Crippen molar-refractivity contribution in [3.8, 4) is 0 Å². The average Bonchev–Trinajstić information content (AvgIpc) is 2.87. The summed E-state index contributed by atoms with van der Waals surface area (Å²) in [6, 6.07) is 26.4. The summed E-state index contributed by atoms with van der Waals surface area (Å²) in [6.07, 6.45) is 2.09. The van der Waals surface area contributed by atoms with Crippen LogP contribution in [-0.4, -0.2) is 39.9 Å². The molecule has 0 fully saturated rings. The number of hydrogen-bond donors (Lipinski definition) is 1. The maximum absolute atomic E-state index is 14.2. The summed E-state index contributed by atoms with van der Waals surface area (Å²) in [7, 11) is 0. The minimum absolute atomic E-state index is 0.0512. The predicted molar refractivity (Wildman–Crippen MR) is 135 cm³/mol.